The Hall–Kier alpha value is -3.53. The van der Waals surface area contributed by atoms with Crippen LogP contribution in [0.25, 0.3) is 5.65 Å². The maximum absolute atomic E-state index is 15.3. The lowest BCUT2D eigenvalue weighted by Crippen LogP contribution is -2.64. The van der Waals surface area contributed by atoms with E-state index in [-0.39, 0.29) is 30.6 Å². The van der Waals surface area contributed by atoms with E-state index >= 15 is 8.78 Å². The van der Waals surface area contributed by atoms with Gasteiger partial charge in [-0.2, -0.15) is 0 Å². The molecule has 1 saturated heterocycles. The largest absolute Gasteiger partial charge is 0.478 e. The molecule has 5 rings (SSSR count). The molecule has 2 fully saturated rings. The van der Waals surface area contributed by atoms with E-state index in [1.807, 2.05) is 19.9 Å². The van der Waals surface area contributed by atoms with E-state index in [1.165, 1.54) is 10.5 Å². The number of benzene rings is 1. The molecular weight excluding hydrogens is 494 g/mol. The molecule has 0 spiro atoms. The summed E-state index contributed by atoms with van der Waals surface area (Å²) in [6.45, 7) is 4.70. The molecule has 10 heteroatoms. The summed E-state index contributed by atoms with van der Waals surface area (Å²) in [5, 5.41) is 22.9. The van der Waals surface area contributed by atoms with Gasteiger partial charge in [-0.05, 0) is 57.4 Å². The number of alkyl halides is 2. The van der Waals surface area contributed by atoms with Crippen LogP contribution in [0, 0.1) is 25.2 Å². The van der Waals surface area contributed by atoms with E-state index in [1.54, 1.807) is 36.2 Å². The van der Waals surface area contributed by atoms with Gasteiger partial charge in [0.1, 0.15) is 11.5 Å². The van der Waals surface area contributed by atoms with Gasteiger partial charge in [0.25, 0.3) is 11.5 Å². The highest BCUT2D eigenvalue weighted by atomic mass is 19.3. The summed E-state index contributed by atoms with van der Waals surface area (Å²) in [5.41, 5.74) is 0.887. The number of halogens is 2. The molecule has 8 nitrogen and oxygen atoms in total. The highest BCUT2D eigenvalue weighted by molar-refractivity contribution is 5.94. The third-order valence-corrected chi connectivity index (χ3v) is 8.25. The molecule has 3 aromatic rings. The smallest absolute Gasteiger partial charge is 0.337 e. The number of aliphatic hydroxyl groups is 1. The van der Waals surface area contributed by atoms with Gasteiger partial charge < -0.3 is 20.4 Å². The van der Waals surface area contributed by atoms with Crippen LogP contribution in [0.15, 0.2) is 41.3 Å². The number of aryl methyl sites for hydroxylation is 1. The Bertz CT molecular complexity index is 1470. The maximum atomic E-state index is 15.3. The van der Waals surface area contributed by atoms with Crippen LogP contribution in [-0.2, 0) is 0 Å². The van der Waals surface area contributed by atoms with Gasteiger partial charge >= 0.3 is 5.97 Å². The van der Waals surface area contributed by atoms with Crippen molar-refractivity contribution in [1.29, 1.82) is 0 Å². The Kier molecular flexibility index (Phi) is 6.41. The van der Waals surface area contributed by atoms with Crippen LogP contribution >= 0.6 is 0 Å². The maximum Gasteiger partial charge on any atom is 0.337 e. The van der Waals surface area contributed by atoms with Crippen molar-refractivity contribution in [3.05, 3.63) is 69.1 Å². The molecule has 1 aliphatic heterocycles. The minimum atomic E-state index is -2.99. The first-order valence-corrected chi connectivity index (χ1v) is 12.8. The molecule has 1 aliphatic carbocycles. The van der Waals surface area contributed by atoms with E-state index in [4.69, 9.17) is 4.98 Å². The number of nitrogens with one attached hydrogen (secondary N) is 1. The molecule has 2 aromatic heterocycles. The summed E-state index contributed by atoms with van der Waals surface area (Å²) in [7, 11) is 0. The summed E-state index contributed by atoms with van der Waals surface area (Å²) in [5.74, 6) is -4.64. The molecule has 2 bridgehead atoms. The fourth-order valence-corrected chi connectivity index (χ4v) is 6.17. The molecule has 38 heavy (non-hydrogen) atoms. The van der Waals surface area contributed by atoms with Crippen LogP contribution in [0.1, 0.15) is 59.3 Å². The van der Waals surface area contributed by atoms with Gasteiger partial charge in [0.05, 0.1) is 29.2 Å². The molecular formula is C28H32F2N4O4. The average molecular weight is 527 g/mol. The molecule has 1 aromatic carbocycles. The number of piperidine rings is 1. The van der Waals surface area contributed by atoms with Gasteiger partial charge in [-0.15, -0.1) is 0 Å². The lowest BCUT2D eigenvalue weighted by atomic mass is 9.63. The second kappa shape index (κ2) is 9.34. The third-order valence-electron chi connectivity index (χ3n) is 8.25. The van der Waals surface area contributed by atoms with Crippen LogP contribution in [0.2, 0.25) is 0 Å². The molecule has 3 atom stereocenters. The summed E-state index contributed by atoms with van der Waals surface area (Å²) >= 11 is 0. The van der Waals surface area contributed by atoms with Crippen LogP contribution in [0.4, 0.5) is 20.3 Å². The van der Waals surface area contributed by atoms with E-state index in [0.29, 0.717) is 41.1 Å². The number of hydrogen-bond acceptors (Lipinski definition) is 6. The van der Waals surface area contributed by atoms with Gasteiger partial charge in [0, 0.05) is 36.5 Å². The number of carboxylic acid groups (broad SMARTS) is 1. The van der Waals surface area contributed by atoms with Crippen molar-refractivity contribution in [2.45, 2.75) is 52.0 Å². The normalized spacial score (nSPS) is 23.3. The number of carboxylic acids is 1. The van der Waals surface area contributed by atoms with Crippen LogP contribution in [0.5, 0.6) is 0 Å². The Labute approximate surface area is 218 Å². The van der Waals surface area contributed by atoms with Crippen molar-refractivity contribution in [3.63, 3.8) is 0 Å². The van der Waals surface area contributed by atoms with Gasteiger partial charge in [0.2, 0.25) is 0 Å². The summed E-state index contributed by atoms with van der Waals surface area (Å²) < 4.78 is 32.0. The zero-order valence-corrected chi connectivity index (χ0v) is 21.7. The van der Waals surface area contributed by atoms with Crippen LogP contribution in [-0.4, -0.2) is 51.2 Å². The number of aromatic carboxylic acids is 1. The molecule has 202 valence electrons. The molecule has 3 N–H and O–H groups in total. The molecule has 2 aliphatic rings. The lowest BCUT2D eigenvalue weighted by Gasteiger charge is -2.54. The zero-order chi connectivity index (χ0) is 27.4. The van der Waals surface area contributed by atoms with Crippen LogP contribution in [0.3, 0.4) is 0 Å². The number of rotatable bonds is 6. The topological polar surface area (TPSA) is 107 Å². The number of fused-ring (bicyclic) bond motifs is 3. The number of aromatic nitrogens is 2. The van der Waals surface area contributed by atoms with Gasteiger partial charge in [-0.3, -0.25) is 9.20 Å². The Morgan fingerprint density at radius 3 is 2.74 bits per heavy atom. The monoisotopic (exact) mass is 526 g/mol. The quantitative estimate of drug-likeness (QED) is 0.437. The van der Waals surface area contributed by atoms with E-state index in [2.05, 4.69) is 5.32 Å². The van der Waals surface area contributed by atoms with Crippen molar-refractivity contribution >= 4 is 23.1 Å². The number of aliphatic hydroxyl groups excluding tert-OH is 1. The molecule has 1 saturated carbocycles. The summed E-state index contributed by atoms with van der Waals surface area (Å²) in [4.78, 5) is 31.9. The number of pyridine rings is 1. The Morgan fingerprint density at radius 1 is 1.29 bits per heavy atom. The number of carbonyl (C=O) groups is 1. The van der Waals surface area contributed by atoms with Gasteiger partial charge in [-0.1, -0.05) is 18.6 Å². The predicted molar refractivity (Wildman–Crippen MR) is 140 cm³/mol. The average Bonchev–Trinajstić information content (AvgIpc) is 2.86. The fourth-order valence-electron chi connectivity index (χ4n) is 6.17. The van der Waals surface area contributed by atoms with E-state index < -0.39 is 35.9 Å². The van der Waals surface area contributed by atoms with Gasteiger partial charge in [-0.25, -0.2) is 18.6 Å². The molecule has 3 unspecified atom stereocenters. The summed E-state index contributed by atoms with van der Waals surface area (Å²) in [6.07, 6.45) is 2.89. The zero-order valence-electron chi connectivity index (χ0n) is 21.7. The SMILES string of the molecule is Cc1cc(C(C)Nc2ccccc2C(=O)O)c2nc(N3CC4CCCC(CO)(C3)C4(F)F)c(C)c(=O)n2c1. The standard InChI is InChI=1S/C28H32F2N4O4/c1-16-11-21(18(3)31-22-9-5-4-8-20(22)26(37)38)24-32-23(17(2)25(36)34(24)12-16)33-13-19-7-6-10-27(14-33,15-35)28(19,29)30/h4-5,8-9,11-12,18-19,31,35H,6-7,10,13-15H2,1-3H3,(H,37,38). The first-order chi connectivity index (χ1) is 18.0. The van der Waals surface area contributed by atoms with Crippen molar-refractivity contribution in [2.24, 2.45) is 11.3 Å². The molecule has 0 amide bonds. The Balaban J connectivity index is 1.61. The van der Waals surface area contributed by atoms with Crippen molar-refractivity contribution in [3.8, 4) is 0 Å². The number of anilines is 2. The first-order valence-electron chi connectivity index (χ1n) is 12.8. The van der Waals surface area contributed by atoms with Crippen molar-refractivity contribution in [2.75, 3.05) is 29.9 Å². The van der Waals surface area contributed by atoms with Crippen molar-refractivity contribution < 1.29 is 23.8 Å². The third kappa shape index (κ3) is 4.02. The lowest BCUT2D eigenvalue weighted by molar-refractivity contribution is -0.209. The second-order valence-electron chi connectivity index (χ2n) is 10.8. The number of nitrogens with zero attached hydrogens (tertiary/aromatic N) is 3. The van der Waals surface area contributed by atoms with Gasteiger partial charge in [0.15, 0.2) is 0 Å². The van der Waals surface area contributed by atoms with E-state index in [9.17, 15) is 19.8 Å². The molecule has 3 heterocycles. The number of para-hydroxylation sites is 1. The van der Waals surface area contributed by atoms with E-state index in [0.717, 1.165) is 5.56 Å². The second-order valence-corrected chi connectivity index (χ2v) is 10.8. The van der Waals surface area contributed by atoms with Crippen LogP contribution < -0.4 is 15.8 Å². The summed E-state index contributed by atoms with van der Waals surface area (Å²) in [6, 6.07) is 8.02. The highest BCUT2D eigenvalue weighted by Gasteiger charge is 2.63. The first kappa shape index (κ1) is 26.1. The van der Waals surface area contributed by atoms with Crippen molar-refractivity contribution in [1.82, 2.24) is 9.38 Å². The number of hydrogen-bond donors (Lipinski definition) is 3. The molecule has 0 radical (unpaired) electrons. The minimum Gasteiger partial charge on any atom is -0.478 e. The Morgan fingerprint density at radius 2 is 2.03 bits per heavy atom. The minimum absolute atomic E-state index is 0.0548. The predicted octanol–water partition coefficient (Wildman–Crippen LogP) is 4.42. The highest BCUT2D eigenvalue weighted by Crippen LogP contribution is 2.55. The fraction of sp³-hybridized carbons (Fsp3) is 0.464.